The minimum absolute atomic E-state index is 0.174. The van der Waals surface area contributed by atoms with Gasteiger partial charge in [-0.3, -0.25) is 4.79 Å². The van der Waals surface area contributed by atoms with Crippen LogP contribution in [0.3, 0.4) is 0 Å². The number of hydrogen-bond acceptors (Lipinski definition) is 4. The molecule has 0 radical (unpaired) electrons. The molecule has 0 bridgehead atoms. The summed E-state index contributed by atoms with van der Waals surface area (Å²) in [7, 11) is 3.17. The lowest BCUT2D eigenvalue weighted by atomic mass is 10.1. The summed E-state index contributed by atoms with van der Waals surface area (Å²) in [6.07, 6.45) is 1.59. The molecule has 2 aromatic carbocycles. The molecule has 1 aromatic heterocycles. The molecular weight excluding hydrogens is 366 g/mol. The number of nitrogens with zero attached hydrogens (tertiary/aromatic N) is 1. The molecular formula is C21H20ClNO4. The van der Waals surface area contributed by atoms with E-state index in [0.29, 0.717) is 40.9 Å². The van der Waals surface area contributed by atoms with Gasteiger partial charge in [-0.2, -0.15) is 0 Å². The number of methoxy groups -OCH3 is 2. The van der Waals surface area contributed by atoms with Crippen molar-refractivity contribution in [3.05, 3.63) is 82.8 Å². The molecule has 1 amide bonds. The first-order valence-electron chi connectivity index (χ1n) is 8.39. The van der Waals surface area contributed by atoms with Gasteiger partial charge >= 0.3 is 0 Å². The molecule has 3 aromatic rings. The normalized spacial score (nSPS) is 10.5. The van der Waals surface area contributed by atoms with Gasteiger partial charge in [-0.1, -0.05) is 29.8 Å². The summed E-state index contributed by atoms with van der Waals surface area (Å²) in [4.78, 5) is 14.8. The van der Waals surface area contributed by atoms with Crippen molar-refractivity contribution >= 4 is 17.5 Å². The van der Waals surface area contributed by atoms with Crippen molar-refractivity contribution in [1.82, 2.24) is 4.90 Å². The standard InChI is InChI=1S/C21H20ClNO4/c1-25-19-10-9-15(12-20(19)26-2)13-23(14-16-6-5-11-27-16)21(24)17-7-3-4-8-18(17)22/h3-12H,13-14H2,1-2H3. The minimum Gasteiger partial charge on any atom is -0.493 e. The van der Waals surface area contributed by atoms with Crippen molar-refractivity contribution in [3.8, 4) is 11.5 Å². The van der Waals surface area contributed by atoms with Crippen molar-refractivity contribution in [2.75, 3.05) is 14.2 Å². The Labute approximate surface area is 163 Å². The van der Waals surface area contributed by atoms with Gasteiger partial charge < -0.3 is 18.8 Å². The zero-order valence-electron chi connectivity index (χ0n) is 15.1. The van der Waals surface area contributed by atoms with Crippen LogP contribution in [0, 0.1) is 0 Å². The van der Waals surface area contributed by atoms with E-state index in [9.17, 15) is 4.79 Å². The summed E-state index contributed by atoms with van der Waals surface area (Å²) in [6.45, 7) is 0.691. The Kier molecular flexibility index (Phi) is 6.04. The predicted molar refractivity (Wildman–Crippen MR) is 103 cm³/mol. The maximum absolute atomic E-state index is 13.1. The molecule has 6 heteroatoms. The third-order valence-corrected chi connectivity index (χ3v) is 4.47. The molecule has 0 fully saturated rings. The smallest absolute Gasteiger partial charge is 0.256 e. The lowest BCUT2D eigenvalue weighted by Crippen LogP contribution is -2.30. The average Bonchev–Trinajstić information content (AvgIpc) is 3.20. The van der Waals surface area contributed by atoms with Crippen molar-refractivity contribution in [1.29, 1.82) is 0 Å². The molecule has 0 aliphatic carbocycles. The molecule has 27 heavy (non-hydrogen) atoms. The Bertz CT molecular complexity index is 908. The average molecular weight is 386 g/mol. The Morgan fingerprint density at radius 1 is 1.00 bits per heavy atom. The number of furan rings is 1. The van der Waals surface area contributed by atoms with Gasteiger partial charge in [-0.25, -0.2) is 0 Å². The van der Waals surface area contributed by atoms with E-state index in [4.69, 9.17) is 25.5 Å². The van der Waals surface area contributed by atoms with Gasteiger partial charge in [-0.05, 0) is 42.0 Å². The molecule has 1 heterocycles. The summed E-state index contributed by atoms with van der Waals surface area (Å²) < 4.78 is 16.1. The van der Waals surface area contributed by atoms with E-state index >= 15 is 0 Å². The number of rotatable bonds is 7. The summed E-state index contributed by atoms with van der Waals surface area (Å²) >= 11 is 6.23. The topological polar surface area (TPSA) is 51.9 Å². The van der Waals surface area contributed by atoms with Gasteiger partial charge in [0.15, 0.2) is 11.5 Å². The first-order chi connectivity index (χ1) is 13.1. The van der Waals surface area contributed by atoms with Crippen LogP contribution in [-0.2, 0) is 13.1 Å². The van der Waals surface area contributed by atoms with E-state index < -0.39 is 0 Å². The molecule has 0 unspecified atom stereocenters. The number of hydrogen-bond donors (Lipinski definition) is 0. The highest BCUT2D eigenvalue weighted by Gasteiger charge is 2.20. The van der Waals surface area contributed by atoms with Gasteiger partial charge in [0, 0.05) is 6.54 Å². The molecule has 140 valence electrons. The van der Waals surface area contributed by atoms with Crippen LogP contribution in [0.15, 0.2) is 65.3 Å². The van der Waals surface area contributed by atoms with E-state index in [0.717, 1.165) is 5.56 Å². The Balaban J connectivity index is 1.90. The van der Waals surface area contributed by atoms with Gasteiger partial charge in [-0.15, -0.1) is 0 Å². The number of amides is 1. The van der Waals surface area contributed by atoms with Crippen molar-refractivity contribution in [2.24, 2.45) is 0 Å². The molecule has 0 aliphatic heterocycles. The van der Waals surface area contributed by atoms with Crippen LogP contribution in [0.2, 0.25) is 5.02 Å². The maximum atomic E-state index is 13.1. The first kappa shape index (κ1) is 18.9. The second-order valence-corrected chi connectivity index (χ2v) is 6.32. The first-order valence-corrected chi connectivity index (χ1v) is 8.77. The SMILES string of the molecule is COc1ccc(CN(Cc2ccco2)C(=O)c2ccccc2Cl)cc1OC. The van der Waals surface area contributed by atoms with E-state index in [2.05, 4.69) is 0 Å². The van der Waals surface area contributed by atoms with Crippen molar-refractivity contribution in [2.45, 2.75) is 13.1 Å². The third kappa shape index (κ3) is 4.44. The van der Waals surface area contributed by atoms with Crippen LogP contribution < -0.4 is 9.47 Å². The summed E-state index contributed by atoms with van der Waals surface area (Å²) in [5.41, 5.74) is 1.35. The number of ether oxygens (including phenoxy) is 2. The van der Waals surface area contributed by atoms with Crippen molar-refractivity contribution in [3.63, 3.8) is 0 Å². The molecule has 0 spiro atoms. The third-order valence-electron chi connectivity index (χ3n) is 4.14. The van der Waals surface area contributed by atoms with Gasteiger partial charge in [0.25, 0.3) is 5.91 Å². The lowest BCUT2D eigenvalue weighted by Gasteiger charge is -2.23. The fraction of sp³-hybridized carbons (Fsp3) is 0.190. The number of carbonyl (C=O) groups excluding carboxylic acids is 1. The van der Waals surface area contributed by atoms with E-state index in [-0.39, 0.29) is 5.91 Å². The number of halogens is 1. The quantitative estimate of drug-likeness (QED) is 0.586. The summed E-state index contributed by atoms with van der Waals surface area (Å²) in [5, 5.41) is 0.416. The van der Waals surface area contributed by atoms with Gasteiger partial charge in [0.2, 0.25) is 0 Å². The van der Waals surface area contributed by atoms with Crippen LogP contribution in [0.5, 0.6) is 11.5 Å². The van der Waals surface area contributed by atoms with E-state index in [1.54, 1.807) is 55.7 Å². The van der Waals surface area contributed by atoms with Gasteiger partial charge in [0.05, 0.1) is 37.6 Å². The summed E-state index contributed by atoms with van der Waals surface area (Å²) in [6, 6.07) is 16.2. The molecule has 5 nitrogen and oxygen atoms in total. The fourth-order valence-corrected chi connectivity index (χ4v) is 3.01. The molecule has 0 saturated heterocycles. The zero-order chi connectivity index (χ0) is 19.2. The molecule has 0 N–H and O–H groups in total. The molecule has 3 rings (SSSR count). The molecule has 0 saturated carbocycles. The second kappa shape index (κ2) is 8.64. The Morgan fingerprint density at radius 2 is 1.78 bits per heavy atom. The summed E-state index contributed by atoms with van der Waals surface area (Å²) in [5.74, 6) is 1.76. The van der Waals surface area contributed by atoms with Crippen LogP contribution in [0.1, 0.15) is 21.7 Å². The van der Waals surface area contributed by atoms with Crippen LogP contribution in [0.25, 0.3) is 0 Å². The molecule has 0 atom stereocenters. The largest absolute Gasteiger partial charge is 0.493 e. The number of carbonyl (C=O) groups is 1. The maximum Gasteiger partial charge on any atom is 0.256 e. The highest BCUT2D eigenvalue weighted by Crippen LogP contribution is 2.29. The molecule has 0 aliphatic rings. The Hall–Kier alpha value is -2.92. The van der Waals surface area contributed by atoms with Crippen LogP contribution in [0.4, 0.5) is 0 Å². The Morgan fingerprint density at radius 3 is 2.44 bits per heavy atom. The number of benzene rings is 2. The van der Waals surface area contributed by atoms with Crippen LogP contribution in [-0.4, -0.2) is 25.0 Å². The minimum atomic E-state index is -0.174. The predicted octanol–water partition coefficient (Wildman–Crippen LogP) is 4.79. The van der Waals surface area contributed by atoms with E-state index in [1.807, 2.05) is 24.3 Å². The van der Waals surface area contributed by atoms with Gasteiger partial charge in [0.1, 0.15) is 5.76 Å². The zero-order valence-corrected chi connectivity index (χ0v) is 15.9. The highest BCUT2D eigenvalue weighted by atomic mass is 35.5. The monoisotopic (exact) mass is 385 g/mol. The lowest BCUT2D eigenvalue weighted by molar-refractivity contribution is 0.0717. The van der Waals surface area contributed by atoms with Crippen LogP contribution >= 0.6 is 11.6 Å². The second-order valence-electron chi connectivity index (χ2n) is 5.91. The van der Waals surface area contributed by atoms with E-state index in [1.165, 1.54) is 0 Å². The highest BCUT2D eigenvalue weighted by molar-refractivity contribution is 6.33. The fourth-order valence-electron chi connectivity index (χ4n) is 2.79. The van der Waals surface area contributed by atoms with Crippen molar-refractivity contribution < 1.29 is 18.7 Å².